The van der Waals surface area contributed by atoms with Crippen LogP contribution in [0.4, 0.5) is 0 Å². The molecule has 2 saturated heterocycles. The van der Waals surface area contributed by atoms with Crippen molar-refractivity contribution in [1.82, 2.24) is 10.6 Å². The van der Waals surface area contributed by atoms with Gasteiger partial charge < -0.3 is 21.1 Å². The first-order valence-electron chi connectivity index (χ1n) is 7.97. The number of rotatable bonds is 2. The van der Waals surface area contributed by atoms with E-state index in [1.54, 1.807) is 0 Å². The van der Waals surface area contributed by atoms with Crippen LogP contribution in [0.25, 0.3) is 0 Å². The smallest absolute Gasteiger partial charge is 0.230 e. The predicted octanol–water partition coefficient (Wildman–Crippen LogP) is -0.00140. The third-order valence-electron chi connectivity index (χ3n) is 6.12. The summed E-state index contributed by atoms with van der Waals surface area (Å²) in [6, 6.07) is 0.771. The number of carbonyl (C=O) groups excluding carboxylic acids is 1. The average molecular weight is 279 g/mol. The molecule has 112 valence electrons. The first-order valence-corrected chi connectivity index (χ1v) is 7.97. The Labute approximate surface area is 120 Å². The molecule has 0 unspecified atom stereocenters. The van der Waals surface area contributed by atoms with Crippen LogP contribution in [0.1, 0.15) is 32.1 Å². The fourth-order valence-corrected chi connectivity index (χ4v) is 4.97. The Hall–Kier alpha value is -0.650. The minimum absolute atomic E-state index is 0.218. The number of carbonyl (C=O) groups is 1. The van der Waals surface area contributed by atoms with Crippen LogP contribution in [-0.4, -0.2) is 44.3 Å². The minimum atomic E-state index is -0.309. The van der Waals surface area contributed by atoms with Crippen molar-refractivity contribution in [2.24, 2.45) is 22.5 Å². The average Bonchev–Trinajstić information content (AvgIpc) is 2.79. The lowest BCUT2D eigenvalue weighted by Gasteiger charge is -2.57. The van der Waals surface area contributed by atoms with E-state index >= 15 is 0 Å². The maximum atomic E-state index is 12.7. The molecule has 2 atom stereocenters. The zero-order valence-corrected chi connectivity index (χ0v) is 12.0. The van der Waals surface area contributed by atoms with E-state index in [1.807, 2.05) is 0 Å². The quantitative estimate of drug-likeness (QED) is 0.665. The molecule has 0 bridgehead atoms. The molecule has 4 fully saturated rings. The maximum Gasteiger partial charge on any atom is 0.230 e. The van der Waals surface area contributed by atoms with Gasteiger partial charge in [-0.05, 0) is 50.0 Å². The zero-order chi connectivity index (χ0) is 13.8. The van der Waals surface area contributed by atoms with E-state index in [-0.39, 0.29) is 11.3 Å². The highest BCUT2D eigenvalue weighted by molar-refractivity contribution is 5.84. The third kappa shape index (κ3) is 1.83. The molecule has 5 nitrogen and oxygen atoms in total. The Morgan fingerprint density at radius 1 is 1.30 bits per heavy atom. The fourth-order valence-electron chi connectivity index (χ4n) is 4.97. The summed E-state index contributed by atoms with van der Waals surface area (Å²) in [6.45, 7) is 3.11. The molecule has 2 heterocycles. The second kappa shape index (κ2) is 4.42. The molecule has 4 rings (SSSR count). The van der Waals surface area contributed by atoms with Crippen molar-refractivity contribution >= 4 is 5.91 Å². The number of hydrogen-bond donors (Lipinski definition) is 3. The Bertz CT molecular complexity index is 413. The van der Waals surface area contributed by atoms with E-state index in [2.05, 4.69) is 10.6 Å². The molecule has 4 N–H and O–H groups in total. The van der Waals surface area contributed by atoms with Gasteiger partial charge in [0, 0.05) is 25.2 Å². The summed E-state index contributed by atoms with van der Waals surface area (Å²) >= 11 is 0. The van der Waals surface area contributed by atoms with Crippen molar-refractivity contribution in [3.05, 3.63) is 0 Å². The zero-order valence-electron chi connectivity index (χ0n) is 12.0. The molecule has 0 aromatic carbocycles. The Morgan fingerprint density at radius 2 is 2.10 bits per heavy atom. The molecule has 1 spiro atoms. The van der Waals surface area contributed by atoms with Crippen molar-refractivity contribution in [2.45, 2.75) is 44.2 Å². The van der Waals surface area contributed by atoms with Crippen LogP contribution in [0.2, 0.25) is 0 Å². The van der Waals surface area contributed by atoms with Crippen LogP contribution in [-0.2, 0) is 9.53 Å². The summed E-state index contributed by atoms with van der Waals surface area (Å²) < 4.78 is 5.61. The van der Waals surface area contributed by atoms with Gasteiger partial charge in [-0.3, -0.25) is 4.79 Å². The number of nitrogens with two attached hydrogens (primary N) is 1. The topological polar surface area (TPSA) is 76.4 Å². The molecule has 1 amide bonds. The lowest BCUT2D eigenvalue weighted by molar-refractivity contribution is -0.144. The van der Waals surface area contributed by atoms with Gasteiger partial charge in [0.1, 0.15) is 0 Å². The van der Waals surface area contributed by atoms with E-state index in [1.165, 1.54) is 0 Å². The van der Waals surface area contributed by atoms with Crippen LogP contribution < -0.4 is 16.4 Å². The lowest BCUT2D eigenvalue weighted by Crippen LogP contribution is -2.62. The van der Waals surface area contributed by atoms with Crippen LogP contribution in [0.5, 0.6) is 0 Å². The summed E-state index contributed by atoms with van der Waals surface area (Å²) in [5, 5.41) is 6.67. The number of ether oxygens (including phenoxy) is 1. The molecule has 2 aliphatic carbocycles. The van der Waals surface area contributed by atoms with Crippen LogP contribution >= 0.6 is 0 Å². The third-order valence-corrected chi connectivity index (χ3v) is 6.12. The Balaban J connectivity index is 1.36. The highest BCUT2D eigenvalue weighted by atomic mass is 16.5. The predicted molar refractivity (Wildman–Crippen MR) is 75.0 cm³/mol. The number of nitrogens with one attached hydrogen (secondary N) is 2. The van der Waals surface area contributed by atoms with E-state index in [0.717, 1.165) is 51.8 Å². The molecular weight excluding hydrogens is 254 g/mol. The van der Waals surface area contributed by atoms with Gasteiger partial charge in [-0.2, -0.15) is 0 Å². The van der Waals surface area contributed by atoms with E-state index in [0.29, 0.717) is 30.0 Å². The molecule has 0 radical (unpaired) electrons. The number of fused-ring (bicyclic) bond motifs is 1. The highest BCUT2D eigenvalue weighted by Gasteiger charge is 2.55. The van der Waals surface area contributed by atoms with Crippen LogP contribution in [0.15, 0.2) is 0 Å². The summed E-state index contributed by atoms with van der Waals surface area (Å²) in [7, 11) is 0. The van der Waals surface area contributed by atoms with Crippen LogP contribution in [0, 0.1) is 16.7 Å². The Kier molecular flexibility index (Phi) is 2.88. The van der Waals surface area contributed by atoms with E-state index < -0.39 is 0 Å². The van der Waals surface area contributed by atoms with Gasteiger partial charge in [-0.15, -0.1) is 0 Å². The van der Waals surface area contributed by atoms with Gasteiger partial charge in [-0.25, -0.2) is 0 Å². The standard InChI is InChI=1S/C15H25N3O2/c16-11-3-14(4-11)5-12(6-14)18-13(19)15-8-17-7-10(15)1-2-20-9-15/h10-12,17H,1-9,16H2,(H,18,19)/t10-,11?,12?,14?,15+/m1/s1. The molecule has 20 heavy (non-hydrogen) atoms. The van der Waals surface area contributed by atoms with E-state index in [4.69, 9.17) is 10.5 Å². The summed E-state index contributed by atoms with van der Waals surface area (Å²) in [5.41, 5.74) is 6.05. The van der Waals surface area contributed by atoms with Crippen LogP contribution in [0.3, 0.4) is 0 Å². The molecule has 0 aromatic heterocycles. The molecule has 5 heteroatoms. The molecule has 4 aliphatic rings. The highest BCUT2D eigenvalue weighted by Crippen LogP contribution is 2.55. The SMILES string of the molecule is NC1CC2(C1)CC(NC(=O)[C@]13CNC[C@H]1CCOC3)C2. The molecule has 2 saturated carbocycles. The van der Waals surface area contributed by atoms with Gasteiger partial charge in [0.15, 0.2) is 0 Å². The number of amides is 1. The number of hydrogen-bond acceptors (Lipinski definition) is 4. The Morgan fingerprint density at radius 3 is 2.85 bits per heavy atom. The van der Waals surface area contributed by atoms with E-state index in [9.17, 15) is 4.79 Å². The fraction of sp³-hybridized carbons (Fsp3) is 0.933. The van der Waals surface area contributed by atoms with Gasteiger partial charge in [-0.1, -0.05) is 0 Å². The van der Waals surface area contributed by atoms with Crippen molar-refractivity contribution in [3.8, 4) is 0 Å². The van der Waals surface area contributed by atoms with Crippen molar-refractivity contribution in [2.75, 3.05) is 26.3 Å². The second-order valence-electron chi connectivity index (χ2n) is 7.57. The monoisotopic (exact) mass is 279 g/mol. The lowest BCUT2D eigenvalue weighted by atomic mass is 9.52. The first-order chi connectivity index (χ1) is 9.62. The summed E-state index contributed by atoms with van der Waals surface area (Å²) in [6.07, 6.45) is 5.56. The largest absolute Gasteiger partial charge is 0.380 e. The first kappa shape index (κ1) is 13.0. The van der Waals surface area contributed by atoms with Gasteiger partial charge in [0.25, 0.3) is 0 Å². The van der Waals surface area contributed by atoms with Gasteiger partial charge in [0.2, 0.25) is 5.91 Å². The second-order valence-corrected chi connectivity index (χ2v) is 7.57. The molecular formula is C15H25N3O2. The van der Waals surface area contributed by atoms with Crippen molar-refractivity contribution < 1.29 is 9.53 Å². The minimum Gasteiger partial charge on any atom is -0.380 e. The van der Waals surface area contributed by atoms with Crippen molar-refractivity contribution in [1.29, 1.82) is 0 Å². The molecule has 0 aromatic rings. The molecule has 2 aliphatic heterocycles. The van der Waals surface area contributed by atoms with Crippen molar-refractivity contribution in [3.63, 3.8) is 0 Å². The summed E-state index contributed by atoms with van der Waals surface area (Å²) in [4.78, 5) is 12.7. The van der Waals surface area contributed by atoms with Gasteiger partial charge >= 0.3 is 0 Å². The van der Waals surface area contributed by atoms with Gasteiger partial charge in [0.05, 0.1) is 12.0 Å². The normalized spacial score (nSPS) is 50.1. The summed E-state index contributed by atoms with van der Waals surface area (Å²) in [5.74, 6) is 0.665. The maximum absolute atomic E-state index is 12.7.